The summed E-state index contributed by atoms with van der Waals surface area (Å²) in [5.41, 5.74) is 0. The van der Waals surface area contributed by atoms with Gasteiger partial charge in [0.25, 0.3) is 0 Å². The zero-order valence-electron chi connectivity index (χ0n) is 14.4. The first-order chi connectivity index (χ1) is 11.9. The van der Waals surface area contributed by atoms with Gasteiger partial charge in [0.15, 0.2) is 6.10 Å². The number of hydrogen-bond donors (Lipinski definition) is 4. The highest BCUT2D eigenvalue weighted by Crippen LogP contribution is 2.25. The highest BCUT2D eigenvalue weighted by atomic mass is 16.7. The maximum absolute atomic E-state index is 11.9. The van der Waals surface area contributed by atoms with Crippen LogP contribution in [0.3, 0.4) is 0 Å². The van der Waals surface area contributed by atoms with E-state index in [0.717, 1.165) is 25.7 Å². The first kappa shape index (κ1) is 21.8. The lowest BCUT2D eigenvalue weighted by Gasteiger charge is -2.40. The molecule has 0 spiro atoms. The third-order valence-electron chi connectivity index (χ3n) is 3.95. The number of aliphatic hydroxyl groups is 4. The van der Waals surface area contributed by atoms with Gasteiger partial charge in [-0.1, -0.05) is 32.6 Å². The van der Waals surface area contributed by atoms with E-state index in [1.165, 1.54) is 0 Å². The van der Waals surface area contributed by atoms with Gasteiger partial charge in [-0.25, -0.2) is 4.79 Å². The van der Waals surface area contributed by atoms with E-state index in [4.69, 9.17) is 24.4 Å². The van der Waals surface area contributed by atoms with Crippen molar-refractivity contribution in [1.29, 1.82) is 0 Å². The maximum atomic E-state index is 11.9. The van der Waals surface area contributed by atoms with E-state index in [1.807, 2.05) is 0 Å². The van der Waals surface area contributed by atoms with Crippen LogP contribution in [0.2, 0.25) is 0 Å². The van der Waals surface area contributed by atoms with Crippen LogP contribution in [0.15, 0.2) is 0 Å². The van der Waals surface area contributed by atoms with Gasteiger partial charge >= 0.3 is 11.9 Å². The molecule has 0 unspecified atom stereocenters. The molecule has 1 aliphatic heterocycles. The number of aliphatic hydroxyl groups excluding tert-OH is 4. The molecule has 0 aromatic rings. The molecule has 9 heteroatoms. The van der Waals surface area contributed by atoms with E-state index in [2.05, 4.69) is 6.92 Å². The van der Waals surface area contributed by atoms with Gasteiger partial charge in [0.05, 0.1) is 6.61 Å². The molecule has 0 saturated carbocycles. The Morgan fingerprint density at radius 2 is 1.64 bits per heavy atom. The Hall–Kier alpha value is -1.26. The van der Waals surface area contributed by atoms with Crippen molar-refractivity contribution in [1.82, 2.24) is 0 Å². The lowest BCUT2D eigenvalue weighted by molar-refractivity contribution is -0.296. The fraction of sp³-hybridized carbons (Fsp3) is 0.875. The van der Waals surface area contributed by atoms with E-state index in [1.54, 1.807) is 0 Å². The molecule has 5 atom stereocenters. The minimum absolute atomic E-state index is 0.118. The largest absolute Gasteiger partial charge is 0.453 e. The predicted octanol–water partition coefficient (Wildman–Crippen LogP) is -0.767. The lowest BCUT2D eigenvalue weighted by Crippen LogP contribution is -2.60. The molecule has 0 radical (unpaired) electrons. The molecule has 25 heavy (non-hydrogen) atoms. The molecule has 0 amide bonds. The Morgan fingerprint density at radius 1 is 0.960 bits per heavy atom. The monoisotopic (exact) mass is 364 g/mol. The number of carbonyl (C=O) groups is 2. The SMILES string of the molecule is CCCCCCCC(=O)O[C@@H]1[C@H](OC(=O)CO)O[C@H](CO)[C@@H](O)[C@@H]1O. The molecular formula is C16H28O9. The molecule has 0 aromatic carbocycles. The average molecular weight is 364 g/mol. The molecule has 1 rings (SSSR count). The Labute approximate surface area is 146 Å². The van der Waals surface area contributed by atoms with E-state index in [-0.39, 0.29) is 6.42 Å². The van der Waals surface area contributed by atoms with Crippen molar-refractivity contribution in [3.05, 3.63) is 0 Å². The zero-order chi connectivity index (χ0) is 18.8. The summed E-state index contributed by atoms with van der Waals surface area (Å²) in [7, 11) is 0. The van der Waals surface area contributed by atoms with E-state index in [9.17, 15) is 19.8 Å². The molecule has 0 aliphatic carbocycles. The van der Waals surface area contributed by atoms with Crippen LogP contribution in [0.5, 0.6) is 0 Å². The van der Waals surface area contributed by atoms with Crippen LogP contribution in [0.25, 0.3) is 0 Å². The highest BCUT2D eigenvalue weighted by molar-refractivity contribution is 5.71. The molecule has 1 fully saturated rings. The summed E-state index contributed by atoms with van der Waals surface area (Å²) in [5.74, 6) is -1.67. The van der Waals surface area contributed by atoms with Crippen molar-refractivity contribution in [3.63, 3.8) is 0 Å². The second kappa shape index (κ2) is 11.4. The van der Waals surface area contributed by atoms with Gasteiger partial charge in [0.2, 0.25) is 6.29 Å². The molecule has 1 aliphatic rings. The second-order valence-electron chi connectivity index (χ2n) is 5.97. The number of unbranched alkanes of at least 4 members (excludes halogenated alkanes) is 4. The predicted molar refractivity (Wildman–Crippen MR) is 84.2 cm³/mol. The number of esters is 2. The Bertz CT molecular complexity index is 414. The van der Waals surface area contributed by atoms with E-state index >= 15 is 0 Å². The fourth-order valence-corrected chi connectivity index (χ4v) is 2.53. The standard InChI is InChI=1S/C16H28O9/c1-2-3-4-5-6-7-11(19)24-15-14(22)13(21)10(8-17)23-16(15)25-12(20)9-18/h10,13-18,21-22H,2-9H2,1H3/t10-,13-,14+,15+,16+/m1/s1. The third-order valence-corrected chi connectivity index (χ3v) is 3.95. The van der Waals surface area contributed by atoms with Crippen LogP contribution in [-0.2, 0) is 23.8 Å². The van der Waals surface area contributed by atoms with Crippen LogP contribution < -0.4 is 0 Å². The van der Waals surface area contributed by atoms with E-state index < -0.39 is 55.9 Å². The number of carbonyl (C=O) groups excluding carboxylic acids is 2. The van der Waals surface area contributed by atoms with Gasteiger partial charge in [-0.2, -0.15) is 0 Å². The van der Waals surface area contributed by atoms with Crippen molar-refractivity contribution < 1.29 is 44.2 Å². The van der Waals surface area contributed by atoms with Crippen molar-refractivity contribution in [2.45, 2.75) is 76.2 Å². The number of rotatable bonds is 10. The van der Waals surface area contributed by atoms with Crippen molar-refractivity contribution >= 4 is 11.9 Å². The molecule has 1 heterocycles. The maximum Gasteiger partial charge on any atom is 0.334 e. The summed E-state index contributed by atoms with van der Waals surface area (Å²) in [6, 6.07) is 0. The van der Waals surface area contributed by atoms with Crippen LogP contribution in [0, 0.1) is 0 Å². The minimum atomic E-state index is -1.61. The van der Waals surface area contributed by atoms with Gasteiger partial charge in [-0.05, 0) is 6.42 Å². The van der Waals surface area contributed by atoms with Gasteiger partial charge < -0.3 is 34.6 Å². The molecule has 1 saturated heterocycles. The Morgan fingerprint density at radius 3 is 2.24 bits per heavy atom. The summed E-state index contributed by atoms with van der Waals surface area (Å²) in [4.78, 5) is 23.2. The number of hydrogen-bond acceptors (Lipinski definition) is 9. The van der Waals surface area contributed by atoms with Crippen molar-refractivity contribution in [2.24, 2.45) is 0 Å². The van der Waals surface area contributed by atoms with Gasteiger partial charge in [-0.15, -0.1) is 0 Å². The zero-order valence-corrected chi connectivity index (χ0v) is 14.4. The molecule has 146 valence electrons. The lowest BCUT2D eigenvalue weighted by atomic mass is 9.99. The van der Waals surface area contributed by atoms with Crippen LogP contribution >= 0.6 is 0 Å². The first-order valence-electron chi connectivity index (χ1n) is 8.56. The van der Waals surface area contributed by atoms with Crippen LogP contribution in [0.4, 0.5) is 0 Å². The summed E-state index contributed by atoms with van der Waals surface area (Å²) < 4.78 is 15.1. The summed E-state index contributed by atoms with van der Waals surface area (Å²) in [6.07, 6.45) is -2.54. The molecule has 0 aromatic heterocycles. The van der Waals surface area contributed by atoms with Gasteiger partial charge in [0, 0.05) is 6.42 Å². The highest BCUT2D eigenvalue weighted by Gasteiger charge is 2.48. The topological polar surface area (TPSA) is 143 Å². The summed E-state index contributed by atoms with van der Waals surface area (Å²) >= 11 is 0. The third kappa shape index (κ3) is 6.87. The first-order valence-corrected chi connectivity index (χ1v) is 8.56. The second-order valence-corrected chi connectivity index (χ2v) is 5.97. The van der Waals surface area contributed by atoms with Crippen LogP contribution in [-0.4, -0.2) is 76.3 Å². The van der Waals surface area contributed by atoms with Crippen LogP contribution in [0.1, 0.15) is 45.4 Å². The fourth-order valence-electron chi connectivity index (χ4n) is 2.53. The average Bonchev–Trinajstić information content (AvgIpc) is 2.60. The molecule has 0 bridgehead atoms. The van der Waals surface area contributed by atoms with Gasteiger partial charge in [0.1, 0.15) is 24.9 Å². The smallest absolute Gasteiger partial charge is 0.334 e. The number of ether oxygens (including phenoxy) is 3. The normalized spacial score (nSPS) is 29.2. The molecule has 9 nitrogen and oxygen atoms in total. The van der Waals surface area contributed by atoms with Crippen molar-refractivity contribution in [3.8, 4) is 0 Å². The van der Waals surface area contributed by atoms with E-state index in [0.29, 0.717) is 6.42 Å². The minimum Gasteiger partial charge on any atom is -0.453 e. The quantitative estimate of drug-likeness (QED) is 0.290. The van der Waals surface area contributed by atoms with Gasteiger partial charge in [-0.3, -0.25) is 4.79 Å². The summed E-state index contributed by atoms with van der Waals surface area (Å²) in [5, 5.41) is 37.9. The summed E-state index contributed by atoms with van der Waals surface area (Å²) in [6.45, 7) is 0.515. The Balaban J connectivity index is 2.63. The molecular weight excluding hydrogens is 336 g/mol. The Kier molecular flexibility index (Phi) is 9.91. The van der Waals surface area contributed by atoms with Crippen molar-refractivity contribution in [2.75, 3.05) is 13.2 Å². The molecule has 4 N–H and O–H groups in total.